The van der Waals surface area contributed by atoms with Crippen molar-refractivity contribution in [2.45, 2.75) is 52.4 Å². The number of esters is 2. The van der Waals surface area contributed by atoms with E-state index in [0.29, 0.717) is 19.6 Å². The molecule has 10 heteroatoms. The molecule has 1 saturated heterocycles. The number of carbonyl (C=O) groups is 2. The monoisotopic (exact) mass is 786 g/mol. The third-order valence-corrected chi connectivity index (χ3v) is 6.84. The maximum Gasteiger partial charge on any atom is 0.308 e. The smallest absolute Gasteiger partial charge is 0.308 e. The zero-order chi connectivity index (χ0) is 23.8. The Morgan fingerprint density at radius 3 is 2.22 bits per heavy atom. The van der Waals surface area contributed by atoms with Crippen molar-refractivity contribution in [2.24, 2.45) is 11.8 Å². The summed E-state index contributed by atoms with van der Waals surface area (Å²) >= 11 is 6.80. The summed E-state index contributed by atoms with van der Waals surface area (Å²) in [5, 5.41) is 0. The number of carbonyl (C=O) groups excluding carboxylic acids is 2. The van der Waals surface area contributed by atoms with E-state index in [1.54, 1.807) is 27.7 Å². The van der Waals surface area contributed by atoms with Crippen LogP contribution in [0.25, 0.3) is 0 Å². The predicted molar refractivity (Wildman–Crippen MR) is 145 cm³/mol. The Kier molecular flexibility index (Phi) is 12.2. The van der Waals surface area contributed by atoms with Crippen molar-refractivity contribution in [3.05, 3.63) is 22.8 Å². The molecule has 0 aromatic heterocycles. The van der Waals surface area contributed by atoms with Crippen molar-refractivity contribution in [3.63, 3.8) is 0 Å². The fourth-order valence-corrected chi connectivity index (χ4v) is 6.77. The topological polar surface area (TPSA) is 80.3 Å². The van der Waals surface area contributed by atoms with Crippen LogP contribution in [0.4, 0.5) is 0 Å². The minimum absolute atomic E-state index is 0.135. The van der Waals surface area contributed by atoms with Crippen LogP contribution in [0.2, 0.25) is 0 Å². The summed E-state index contributed by atoms with van der Waals surface area (Å²) in [6.07, 6.45) is -0.721. The number of benzene rings is 1. The molecule has 7 nitrogen and oxygen atoms in total. The Labute approximate surface area is 230 Å². The van der Waals surface area contributed by atoms with E-state index < -0.39 is 12.2 Å². The predicted octanol–water partition coefficient (Wildman–Crippen LogP) is 4.82. The fraction of sp³-hybridized carbons (Fsp3) is 0.636. The molecule has 1 aliphatic heterocycles. The number of rotatable bonds is 11. The molecule has 32 heavy (non-hydrogen) atoms. The summed E-state index contributed by atoms with van der Waals surface area (Å²) in [7, 11) is 0. The second kappa shape index (κ2) is 13.8. The van der Waals surface area contributed by atoms with Gasteiger partial charge in [-0.25, -0.2) is 0 Å². The van der Waals surface area contributed by atoms with E-state index in [1.807, 2.05) is 0 Å². The Balaban J connectivity index is 1.84. The molecule has 1 aliphatic rings. The number of hydrogen-bond donors (Lipinski definition) is 0. The first-order valence-electron chi connectivity index (χ1n) is 10.5. The number of halogens is 3. The molecule has 0 saturated carbocycles. The van der Waals surface area contributed by atoms with E-state index in [2.05, 4.69) is 79.9 Å². The SMILES string of the molecule is CC(C)C(=O)OC[C@@H]1C[C@H](OC(=O)C(C)C)[C@@H](COCCOc2c(I)cc(I)cc2I)O1. The van der Waals surface area contributed by atoms with E-state index in [4.69, 9.17) is 23.7 Å². The van der Waals surface area contributed by atoms with E-state index >= 15 is 0 Å². The van der Waals surface area contributed by atoms with Gasteiger partial charge in [-0.2, -0.15) is 0 Å². The first kappa shape index (κ1) is 28.3. The third kappa shape index (κ3) is 9.02. The first-order valence-corrected chi connectivity index (χ1v) is 13.7. The second-order valence-electron chi connectivity index (χ2n) is 8.07. The highest BCUT2D eigenvalue weighted by atomic mass is 127. The van der Waals surface area contributed by atoms with Gasteiger partial charge in [0.05, 0.1) is 38.3 Å². The molecule has 1 aromatic rings. The van der Waals surface area contributed by atoms with Crippen molar-refractivity contribution >= 4 is 79.7 Å². The highest BCUT2D eigenvalue weighted by Gasteiger charge is 2.39. The average molecular weight is 786 g/mol. The van der Waals surface area contributed by atoms with Crippen LogP contribution in [-0.4, -0.2) is 56.7 Å². The Bertz CT molecular complexity index is 762. The Morgan fingerprint density at radius 1 is 1.00 bits per heavy atom. The molecule has 0 amide bonds. The molecule has 2 rings (SSSR count). The molecule has 1 heterocycles. The van der Waals surface area contributed by atoms with Gasteiger partial charge in [0.25, 0.3) is 0 Å². The van der Waals surface area contributed by atoms with Gasteiger partial charge in [0, 0.05) is 9.99 Å². The highest BCUT2D eigenvalue weighted by Crippen LogP contribution is 2.29. The van der Waals surface area contributed by atoms with E-state index in [1.165, 1.54) is 0 Å². The molecule has 0 bridgehead atoms. The van der Waals surface area contributed by atoms with Crippen LogP contribution < -0.4 is 4.74 Å². The standard InChI is InChI=1S/C22H29I3O7/c1-12(2)21(26)30-10-15-9-18(32-22(27)13(3)4)19(31-15)11-28-5-6-29-20-16(24)7-14(23)8-17(20)25/h7-8,12-13,15,18-19H,5-6,9-11H2,1-4H3/t15-,18-,19+/m0/s1. The van der Waals surface area contributed by atoms with Crippen LogP contribution in [0.15, 0.2) is 12.1 Å². The van der Waals surface area contributed by atoms with Crippen LogP contribution in [-0.2, 0) is 28.5 Å². The Morgan fingerprint density at radius 2 is 1.62 bits per heavy atom. The van der Waals surface area contributed by atoms with Crippen LogP contribution in [0, 0.1) is 22.5 Å². The van der Waals surface area contributed by atoms with E-state index in [0.717, 1.165) is 16.5 Å². The molecular formula is C22H29I3O7. The fourth-order valence-electron chi connectivity index (χ4n) is 2.88. The second-order valence-corrected chi connectivity index (χ2v) is 11.6. The lowest BCUT2D eigenvalue weighted by Gasteiger charge is -2.20. The van der Waals surface area contributed by atoms with Gasteiger partial charge in [-0.1, -0.05) is 27.7 Å². The lowest BCUT2D eigenvalue weighted by molar-refractivity contribution is -0.157. The number of hydrogen-bond acceptors (Lipinski definition) is 7. The summed E-state index contributed by atoms with van der Waals surface area (Å²) < 4.78 is 31.8. The maximum atomic E-state index is 12.1. The van der Waals surface area contributed by atoms with Crippen LogP contribution in [0.5, 0.6) is 5.75 Å². The van der Waals surface area contributed by atoms with Crippen molar-refractivity contribution in [1.29, 1.82) is 0 Å². The van der Waals surface area contributed by atoms with Crippen molar-refractivity contribution in [2.75, 3.05) is 26.4 Å². The van der Waals surface area contributed by atoms with Gasteiger partial charge in [-0.3, -0.25) is 9.59 Å². The van der Waals surface area contributed by atoms with Gasteiger partial charge in [0.1, 0.15) is 31.2 Å². The van der Waals surface area contributed by atoms with Gasteiger partial charge in [-0.05, 0) is 79.9 Å². The summed E-state index contributed by atoms with van der Waals surface area (Å²) in [5.74, 6) is -0.148. The number of ether oxygens (including phenoxy) is 5. The first-order chi connectivity index (χ1) is 15.1. The molecule has 0 aliphatic carbocycles. The third-order valence-electron chi connectivity index (χ3n) is 4.62. The maximum absolute atomic E-state index is 12.1. The summed E-state index contributed by atoms with van der Waals surface area (Å²) in [6.45, 7) is 8.29. The quantitative estimate of drug-likeness (QED) is 0.181. The largest absolute Gasteiger partial charge is 0.489 e. The molecule has 1 fully saturated rings. The van der Waals surface area contributed by atoms with Gasteiger partial charge < -0.3 is 23.7 Å². The molecule has 0 spiro atoms. The molecule has 180 valence electrons. The Hall–Kier alpha value is 0.0700. The molecule has 0 radical (unpaired) electrons. The van der Waals surface area contributed by atoms with Gasteiger partial charge >= 0.3 is 11.9 Å². The molecule has 0 unspecified atom stereocenters. The lowest BCUT2D eigenvalue weighted by atomic mass is 10.1. The minimum atomic E-state index is -0.438. The van der Waals surface area contributed by atoms with Gasteiger partial charge in [0.15, 0.2) is 0 Å². The van der Waals surface area contributed by atoms with E-state index in [9.17, 15) is 9.59 Å². The zero-order valence-corrected chi connectivity index (χ0v) is 25.0. The lowest BCUT2D eigenvalue weighted by Crippen LogP contribution is -2.33. The summed E-state index contributed by atoms with van der Waals surface area (Å²) in [4.78, 5) is 23.9. The zero-order valence-electron chi connectivity index (χ0n) is 18.6. The van der Waals surface area contributed by atoms with Crippen molar-refractivity contribution in [1.82, 2.24) is 0 Å². The summed E-state index contributed by atoms with van der Waals surface area (Å²) in [6, 6.07) is 4.12. The van der Waals surface area contributed by atoms with Crippen LogP contribution >= 0.6 is 67.8 Å². The van der Waals surface area contributed by atoms with Gasteiger partial charge in [-0.15, -0.1) is 0 Å². The average Bonchev–Trinajstić information content (AvgIpc) is 3.08. The van der Waals surface area contributed by atoms with Crippen molar-refractivity contribution in [3.8, 4) is 5.75 Å². The van der Waals surface area contributed by atoms with Crippen LogP contribution in [0.3, 0.4) is 0 Å². The summed E-state index contributed by atoms with van der Waals surface area (Å²) in [5.41, 5.74) is 0. The van der Waals surface area contributed by atoms with Crippen molar-refractivity contribution < 1.29 is 33.3 Å². The van der Waals surface area contributed by atoms with Gasteiger partial charge in [0.2, 0.25) is 0 Å². The molecule has 3 atom stereocenters. The molecule has 0 N–H and O–H groups in total. The molecular weight excluding hydrogens is 757 g/mol. The normalized spacial score (nSPS) is 20.6. The van der Waals surface area contributed by atoms with Crippen LogP contribution in [0.1, 0.15) is 34.1 Å². The minimum Gasteiger partial charge on any atom is -0.489 e. The highest BCUT2D eigenvalue weighted by molar-refractivity contribution is 14.1. The van der Waals surface area contributed by atoms with E-state index in [-0.39, 0.29) is 43.1 Å². The molecule has 1 aromatic carbocycles.